The molecule has 0 saturated carbocycles. The number of hydrogen-bond donors (Lipinski definition) is 4. The third kappa shape index (κ3) is 3.35. The minimum absolute atomic E-state index is 0. The number of aromatic carboxylic acids is 1. The van der Waals surface area contributed by atoms with Crippen molar-refractivity contribution in [2.24, 2.45) is 11.1 Å². The molecule has 102 valence electrons. The van der Waals surface area contributed by atoms with Gasteiger partial charge in [0.25, 0.3) is 0 Å². The first kappa shape index (κ1) is 16.7. The van der Waals surface area contributed by atoms with Crippen LogP contribution in [0.4, 0.5) is 0 Å². The Labute approximate surface area is 112 Å². The number of carboxylic acid groups (broad SMARTS) is 1. The fourth-order valence-corrected chi connectivity index (χ4v) is 1.47. The van der Waals surface area contributed by atoms with Gasteiger partial charge in [-0.2, -0.15) is 0 Å². The second kappa shape index (κ2) is 6.04. The molecule has 0 spiro atoms. The molecule has 5 nitrogen and oxygen atoms in total. The first-order valence-electron chi connectivity index (χ1n) is 5.22. The molecule has 0 amide bonds. The second-order valence-electron chi connectivity index (χ2n) is 4.71. The van der Waals surface area contributed by atoms with Crippen LogP contribution >= 0.6 is 12.4 Å². The summed E-state index contributed by atoms with van der Waals surface area (Å²) in [5, 5.41) is 27.5. The fraction of sp³-hybridized carbons (Fsp3) is 0.417. The van der Waals surface area contributed by atoms with Gasteiger partial charge in [-0.05, 0) is 17.7 Å². The molecule has 0 fully saturated rings. The van der Waals surface area contributed by atoms with E-state index >= 15 is 0 Å². The summed E-state index contributed by atoms with van der Waals surface area (Å²) in [4.78, 5) is 10.9. The third-order valence-corrected chi connectivity index (χ3v) is 2.86. The van der Waals surface area contributed by atoms with Crippen molar-refractivity contribution in [3.8, 4) is 5.75 Å². The van der Waals surface area contributed by atoms with Gasteiger partial charge >= 0.3 is 5.97 Å². The standard InChI is InChI=1S/C12H17NO4.ClH/c1-12(2,6-14)10(13)7-3-4-9(15)8(5-7)11(16)17;/h3-5,10,14-15H,6,13H2,1-2H3,(H,16,17);1H/t10-;/m0./s1. The second-order valence-corrected chi connectivity index (χ2v) is 4.71. The molecule has 0 saturated heterocycles. The lowest BCUT2D eigenvalue weighted by atomic mass is 9.81. The minimum atomic E-state index is -1.21. The van der Waals surface area contributed by atoms with Gasteiger partial charge < -0.3 is 21.1 Å². The normalized spacial score (nSPS) is 12.7. The van der Waals surface area contributed by atoms with Crippen LogP contribution in [-0.4, -0.2) is 27.9 Å². The average molecular weight is 276 g/mol. The minimum Gasteiger partial charge on any atom is -0.507 e. The van der Waals surface area contributed by atoms with E-state index in [-0.39, 0.29) is 30.3 Å². The fourth-order valence-electron chi connectivity index (χ4n) is 1.47. The summed E-state index contributed by atoms with van der Waals surface area (Å²) in [7, 11) is 0. The predicted octanol–water partition coefficient (Wildman–Crippen LogP) is 1.53. The Bertz CT molecular complexity index is 434. The Morgan fingerprint density at radius 1 is 1.44 bits per heavy atom. The Kier molecular flexibility index (Phi) is 5.60. The summed E-state index contributed by atoms with van der Waals surface area (Å²) in [6.07, 6.45) is 0. The van der Waals surface area contributed by atoms with Gasteiger partial charge in [-0.1, -0.05) is 19.9 Å². The van der Waals surface area contributed by atoms with Crippen LogP contribution in [0.1, 0.15) is 35.8 Å². The SMILES string of the molecule is CC(C)(CO)[C@@H](N)c1ccc(O)c(C(=O)O)c1.Cl. The number of aliphatic hydroxyl groups excluding tert-OH is 1. The Morgan fingerprint density at radius 3 is 2.44 bits per heavy atom. The summed E-state index contributed by atoms with van der Waals surface area (Å²) in [6, 6.07) is 3.68. The van der Waals surface area contributed by atoms with Crippen molar-refractivity contribution in [1.29, 1.82) is 0 Å². The van der Waals surface area contributed by atoms with Crippen molar-refractivity contribution in [1.82, 2.24) is 0 Å². The first-order chi connectivity index (χ1) is 7.79. The van der Waals surface area contributed by atoms with E-state index in [2.05, 4.69) is 0 Å². The lowest BCUT2D eigenvalue weighted by molar-refractivity contribution is 0.0693. The number of aliphatic hydroxyl groups is 1. The molecule has 0 unspecified atom stereocenters. The van der Waals surface area contributed by atoms with Crippen LogP contribution in [0.15, 0.2) is 18.2 Å². The van der Waals surface area contributed by atoms with Crippen molar-refractivity contribution in [3.05, 3.63) is 29.3 Å². The van der Waals surface area contributed by atoms with Gasteiger partial charge in [0, 0.05) is 18.1 Å². The van der Waals surface area contributed by atoms with Gasteiger partial charge in [0.15, 0.2) is 0 Å². The largest absolute Gasteiger partial charge is 0.507 e. The topological polar surface area (TPSA) is 104 Å². The highest BCUT2D eigenvalue weighted by Crippen LogP contribution is 2.32. The van der Waals surface area contributed by atoms with Crippen LogP contribution in [-0.2, 0) is 0 Å². The Morgan fingerprint density at radius 2 is 2.00 bits per heavy atom. The van der Waals surface area contributed by atoms with Gasteiger partial charge in [-0.25, -0.2) is 4.79 Å². The van der Waals surface area contributed by atoms with Crippen LogP contribution in [0.2, 0.25) is 0 Å². The van der Waals surface area contributed by atoms with Crippen LogP contribution in [0, 0.1) is 5.41 Å². The number of rotatable bonds is 4. The van der Waals surface area contributed by atoms with Gasteiger partial charge in [0.1, 0.15) is 11.3 Å². The molecular weight excluding hydrogens is 258 g/mol. The van der Waals surface area contributed by atoms with Crippen LogP contribution in [0.3, 0.4) is 0 Å². The van der Waals surface area contributed by atoms with Crippen molar-refractivity contribution in [2.75, 3.05) is 6.61 Å². The highest BCUT2D eigenvalue weighted by atomic mass is 35.5. The monoisotopic (exact) mass is 275 g/mol. The zero-order valence-corrected chi connectivity index (χ0v) is 11.1. The molecular formula is C12H18ClNO4. The van der Waals surface area contributed by atoms with Gasteiger partial charge in [-0.15, -0.1) is 12.4 Å². The maximum absolute atomic E-state index is 10.9. The molecule has 0 bridgehead atoms. The van der Waals surface area contributed by atoms with E-state index in [1.165, 1.54) is 12.1 Å². The molecule has 18 heavy (non-hydrogen) atoms. The van der Waals surface area contributed by atoms with Crippen molar-refractivity contribution < 1.29 is 20.1 Å². The van der Waals surface area contributed by atoms with E-state index in [4.69, 9.17) is 10.8 Å². The van der Waals surface area contributed by atoms with E-state index in [1.807, 2.05) is 0 Å². The number of phenols is 1. The summed E-state index contributed by atoms with van der Waals surface area (Å²) in [6.45, 7) is 3.45. The van der Waals surface area contributed by atoms with Crippen molar-refractivity contribution in [2.45, 2.75) is 19.9 Å². The zero-order chi connectivity index (χ0) is 13.2. The highest BCUT2D eigenvalue weighted by molar-refractivity contribution is 5.91. The number of carboxylic acids is 1. The Hall–Kier alpha value is -1.30. The lowest BCUT2D eigenvalue weighted by Crippen LogP contribution is -2.32. The molecule has 0 aliphatic rings. The van der Waals surface area contributed by atoms with Gasteiger partial charge in [0.05, 0.1) is 0 Å². The summed E-state index contributed by atoms with van der Waals surface area (Å²) >= 11 is 0. The molecule has 5 N–H and O–H groups in total. The molecule has 6 heteroatoms. The van der Waals surface area contributed by atoms with E-state index in [1.54, 1.807) is 19.9 Å². The number of hydrogen-bond acceptors (Lipinski definition) is 4. The smallest absolute Gasteiger partial charge is 0.339 e. The molecule has 0 radical (unpaired) electrons. The van der Waals surface area contributed by atoms with Crippen molar-refractivity contribution in [3.63, 3.8) is 0 Å². The lowest BCUT2D eigenvalue weighted by Gasteiger charge is -2.29. The summed E-state index contributed by atoms with van der Waals surface area (Å²) in [5.41, 5.74) is 5.79. The Balaban J connectivity index is 0.00000289. The van der Waals surface area contributed by atoms with Crippen LogP contribution in [0.5, 0.6) is 5.75 Å². The number of carbonyl (C=O) groups is 1. The number of aromatic hydroxyl groups is 1. The molecule has 0 heterocycles. The molecule has 1 aromatic carbocycles. The third-order valence-electron chi connectivity index (χ3n) is 2.86. The summed E-state index contributed by atoms with van der Waals surface area (Å²) in [5.74, 6) is -1.51. The maximum Gasteiger partial charge on any atom is 0.339 e. The summed E-state index contributed by atoms with van der Waals surface area (Å²) < 4.78 is 0. The zero-order valence-electron chi connectivity index (χ0n) is 10.3. The molecule has 0 aliphatic heterocycles. The van der Waals surface area contributed by atoms with E-state index in [0.29, 0.717) is 5.56 Å². The molecule has 0 aliphatic carbocycles. The quantitative estimate of drug-likeness (QED) is 0.667. The first-order valence-corrected chi connectivity index (χ1v) is 5.22. The molecule has 1 aromatic rings. The molecule has 0 aromatic heterocycles. The van der Waals surface area contributed by atoms with E-state index < -0.39 is 17.4 Å². The van der Waals surface area contributed by atoms with Crippen molar-refractivity contribution >= 4 is 18.4 Å². The maximum atomic E-state index is 10.9. The van der Waals surface area contributed by atoms with Gasteiger partial charge in [0.2, 0.25) is 0 Å². The number of benzene rings is 1. The number of nitrogens with two attached hydrogens (primary N) is 1. The van der Waals surface area contributed by atoms with E-state index in [0.717, 1.165) is 0 Å². The van der Waals surface area contributed by atoms with Gasteiger partial charge in [-0.3, -0.25) is 0 Å². The molecule has 1 atom stereocenters. The average Bonchev–Trinajstić information content (AvgIpc) is 2.28. The van der Waals surface area contributed by atoms with Crippen LogP contribution in [0.25, 0.3) is 0 Å². The number of halogens is 1. The van der Waals surface area contributed by atoms with E-state index in [9.17, 15) is 15.0 Å². The van der Waals surface area contributed by atoms with Crippen LogP contribution < -0.4 is 5.73 Å². The molecule has 1 rings (SSSR count). The predicted molar refractivity (Wildman–Crippen MR) is 70.1 cm³/mol. The highest BCUT2D eigenvalue weighted by Gasteiger charge is 2.27.